The number of hydrogen-bond donors (Lipinski definition) is 1. The van der Waals surface area contributed by atoms with Gasteiger partial charge < -0.3 is 5.32 Å². The van der Waals surface area contributed by atoms with Crippen molar-refractivity contribution >= 4 is 34.7 Å². The van der Waals surface area contributed by atoms with Gasteiger partial charge in [-0.3, -0.25) is 4.79 Å². The zero-order valence-electron chi connectivity index (χ0n) is 14.9. The highest BCUT2D eigenvalue weighted by molar-refractivity contribution is 7.99. The van der Waals surface area contributed by atoms with E-state index in [0.717, 1.165) is 39.5 Å². The molecule has 3 rings (SSSR count). The Morgan fingerprint density at radius 3 is 2.57 bits per heavy atom. The molecule has 0 fully saturated rings. The molecule has 0 aliphatic carbocycles. The average molecular weight is 424 g/mol. The van der Waals surface area contributed by atoms with E-state index in [2.05, 4.69) is 20.5 Å². The minimum atomic E-state index is -4.46. The third-order valence-electron chi connectivity index (χ3n) is 3.60. The third kappa shape index (κ3) is 5.08. The Bertz CT molecular complexity index is 987. The molecule has 0 radical (unpaired) electrons. The normalized spacial score (nSPS) is 11.5. The maximum atomic E-state index is 12.7. The summed E-state index contributed by atoms with van der Waals surface area (Å²) in [5, 5.41) is 12.2. The lowest BCUT2D eigenvalue weighted by Crippen LogP contribution is -2.15. The fourth-order valence-corrected chi connectivity index (χ4v) is 3.90. The van der Waals surface area contributed by atoms with Crippen LogP contribution in [0.1, 0.15) is 16.3 Å². The van der Waals surface area contributed by atoms with E-state index in [1.807, 2.05) is 13.8 Å². The van der Waals surface area contributed by atoms with Gasteiger partial charge in [0.25, 0.3) is 0 Å². The van der Waals surface area contributed by atoms with Gasteiger partial charge in [0.15, 0.2) is 0 Å². The van der Waals surface area contributed by atoms with E-state index in [9.17, 15) is 18.0 Å². The number of aromatic nitrogens is 3. The molecule has 2 aromatic heterocycles. The highest BCUT2D eigenvalue weighted by Crippen LogP contribution is 2.31. The molecule has 146 valence electrons. The van der Waals surface area contributed by atoms with Crippen LogP contribution in [0.15, 0.2) is 41.4 Å². The van der Waals surface area contributed by atoms with Crippen LogP contribution in [0.4, 0.5) is 18.9 Å². The van der Waals surface area contributed by atoms with Crippen LogP contribution in [-0.4, -0.2) is 26.8 Å². The standard InChI is InChI=1S/C18H15F3N4OS2/c1-10-17(28-11(2)22-10)14-6-7-16(25-24-14)27-9-15(26)23-13-5-3-4-12(8-13)18(19,20)21/h3-8H,9H2,1-2H3,(H,23,26). The van der Waals surface area contributed by atoms with Gasteiger partial charge in [0.05, 0.1) is 26.9 Å². The van der Waals surface area contributed by atoms with Crippen LogP contribution < -0.4 is 5.32 Å². The van der Waals surface area contributed by atoms with Gasteiger partial charge in [-0.1, -0.05) is 17.8 Å². The predicted molar refractivity (Wildman–Crippen MR) is 103 cm³/mol. The number of anilines is 1. The molecule has 0 aliphatic heterocycles. The molecule has 3 aromatic rings. The van der Waals surface area contributed by atoms with E-state index in [0.29, 0.717) is 10.7 Å². The van der Waals surface area contributed by atoms with Gasteiger partial charge in [-0.25, -0.2) is 4.98 Å². The first-order valence-electron chi connectivity index (χ1n) is 8.10. The largest absolute Gasteiger partial charge is 0.416 e. The minimum absolute atomic E-state index is 0.00294. The lowest BCUT2D eigenvalue weighted by Gasteiger charge is -2.09. The molecule has 10 heteroatoms. The first-order chi connectivity index (χ1) is 13.2. The molecule has 0 saturated heterocycles. The summed E-state index contributed by atoms with van der Waals surface area (Å²) in [7, 11) is 0. The topological polar surface area (TPSA) is 67.8 Å². The summed E-state index contributed by atoms with van der Waals surface area (Å²) in [5.74, 6) is -0.424. The summed E-state index contributed by atoms with van der Waals surface area (Å²) >= 11 is 2.68. The lowest BCUT2D eigenvalue weighted by atomic mass is 10.2. The number of nitrogens with zero attached hydrogens (tertiary/aromatic N) is 3. The molecule has 0 aliphatic rings. The Hall–Kier alpha value is -2.46. The van der Waals surface area contributed by atoms with E-state index < -0.39 is 17.6 Å². The number of benzene rings is 1. The molecule has 0 spiro atoms. The van der Waals surface area contributed by atoms with Crippen LogP contribution in [0.5, 0.6) is 0 Å². The number of thioether (sulfide) groups is 1. The van der Waals surface area contributed by atoms with E-state index in [1.54, 1.807) is 12.1 Å². The summed E-state index contributed by atoms with van der Waals surface area (Å²) in [6, 6.07) is 8.06. The average Bonchev–Trinajstić information content (AvgIpc) is 2.98. The highest BCUT2D eigenvalue weighted by atomic mass is 32.2. The van der Waals surface area contributed by atoms with Gasteiger partial charge in [0.2, 0.25) is 5.91 Å². The number of halogens is 3. The summed E-state index contributed by atoms with van der Waals surface area (Å²) in [6.07, 6.45) is -4.46. The molecule has 0 unspecified atom stereocenters. The molecule has 1 N–H and O–H groups in total. The molecule has 1 aromatic carbocycles. The van der Waals surface area contributed by atoms with E-state index in [-0.39, 0.29) is 11.4 Å². The van der Waals surface area contributed by atoms with Gasteiger partial charge in [0, 0.05) is 5.69 Å². The van der Waals surface area contributed by atoms with E-state index in [1.165, 1.54) is 23.5 Å². The first kappa shape index (κ1) is 20.3. The number of nitrogens with one attached hydrogen (secondary N) is 1. The predicted octanol–water partition coefficient (Wildman–Crippen LogP) is 4.97. The fraction of sp³-hybridized carbons (Fsp3) is 0.222. The monoisotopic (exact) mass is 424 g/mol. The Balaban J connectivity index is 1.58. The molecular weight excluding hydrogens is 409 g/mol. The molecular formula is C18H15F3N4OS2. The van der Waals surface area contributed by atoms with Crippen molar-refractivity contribution < 1.29 is 18.0 Å². The molecule has 0 saturated carbocycles. The van der Waals surface area contributed by atoms with Crippen LogP contribution >= 0.6 is 23.1 Å². The summed E-state index contributed by atoms with van der Waals surface area (Å²) in [6.45, 7) is 3.82. The summed E-state index contributed by atoms with van der Waals surface area (Å²) < 4.78 is 38.2. The molecule has 2 heterocycles. The number of carbonyl (C=O) groups is 1. The first-order valence-corrected chi connectivity index (χ1v) is 9.90. The Morgan fingerprint density at radius 1 is 1.18 bits per heavy atom. The van der Waals surface area contributed by atoms with Crippen LogP contribution in [0.2, 0.25) is 0 Å². The van der Waals surface area contributed by atoms with E-state index in [4.69, 9.17) is 0 Å². The number of rotatable bonds is 5. The second kappa shape index (κ2) is 8.27. The second-order valence-corrected chi connectivity index (χ2v) is 8.02. The van der Waals surface area contributed by atoms with Crippen molar-refractivity contribution in [3.05, 3.63) is 52.7 Å². The van der Waals surface area contributed by atoms with Gasteiger partial charge in [-0.15, -0.1) is 21.5 Å². The second-order valence-electron chi connectivity index (χ2n) is 5.82. The number of amides is 1. The number of hydrogen-bond acceptors (Lipinski definition) is 6. The van der Waals surface area contributed by atoms with Crippen molar-refractivity contribution in [2.45, 2.75) is 25.0 Å². The quantitative estimate of drug-likeness (QED) is 0.586. The van der Waals surface area contributed by atoms with Gasteiger partial charge in [-0.05, 0) is 44.2 Å². The Labute approximate surface area is 167 Å². The molecule has 5 nitrogen and oxygen atoms in total. The van der Waals surface area contributed by atoms with Crippen LogP contribution in [0, 0.1) is 13.8 Å². The molecule has 28 heavy (non-hydrogen) atoms. The van der Waals surface area contributed by atoms with Gasteiger partial charge >= 0.3 is 6.18 Å². The van der Waals surface area contributed by atoms with Crippen molar-refractivity contribution in [1.29, 1.82) is 0 Å². The third-order valence-corrected chi connectivity index (χ3v) is 5.62. The Kier molecular flexibility index (Phi) is 5.99. The zero-order valence-corrected chi connectivity index (χ0v) is 16.5. The van der Waals surface area contributed by atoms with Crippen molar-refractivity contribution in [3.63, 3.8) is 0 Å². The van der Waals surface area contributed by atoms with Crippen LogP contribution in [0.3, 0.4) is 0 Å². The van der Waals surface area contributed by atoms with Gasteiger partial charge in [-0.2, -0.15) is 13.2 Å². The minimum Gasteiger partial charge on any atom is -0.325 e. The van der Waals surface area contributed by atoms with E-state index >= 15 is 0 Å². The fourth-order valence-electron chi connectivity index (χ4n) is 2.40. The maximum absolute atomic E-state index is 12.7. The summed E-state index contributed by atoms with van der Waals surface area (Å²) in [4.78, 5) is 17.3. The number of thiazole rings is 1. The number of aryl methyl sites for hydroxylation is 2. The van der Waals surface area contributed by atoms with Crippen molar-refractivity contribution in [1.82, 2.24) is 15.2 Å². The molecule has 0 atom stereocenters. The Morgan fingerprint density at radius 2 is 1.96 bits per heavy atom. The van der Waals surface area contributed by atoms with Crippen molar-refractivity contribution in [3.8, 4) is 10.6 Å². The molecule has 1 amide bonds. The number of alkyl halides is 3. The summed E-state index contributed by atoms with van der Waals surface area (Å²) in [5.41, 5.74) is 0.879. The van der Waals surface area contributed by atoms with Gasteiger partial charge in [0.1, 0.15) is 10.7 Å². The van der Waals surface area contributed by atoms with Crippen LogP contribution in [-0.2, 0) is 11.0 Å². The smallest absolute Gasteiger partial charge is 0.325 e. The van der Waals surface area contributed by atoms with Crippen molar-refractivity contribution in [2.24, 2.45) is 0 Å². The molecule has 0 bridgehead atoms. The maximum Gasteiger partial charge on any atom is 0.416 e. The van der Waals surface area contributed by atoms with Crippen LogP contribution in [0.25, 0.3) is 10.6 Å². The SMILES string of the molecule is Cc1nc(C)c(-c2ccc(SCC(=O)Nc3cccc(C(F)(F)F)c3)nn2)s1. The lowest BCUT2D eigenvalue weighted by molar-refractivity contribution is -0.137. The number of carbonyl (C=O) groups excluding carboxylic acids is 1. The highest BCUT2D eigenvalue weighted by Gasteiger charge is 2.30. The van der Waals surface area contributed by atoms with Crippen molar-refractivity contribution in [2.75, 3.05) is 11.1 Å². The zero-order chi connectivity index (χ0) is 20.3.